The van der Waals surface area contributed by atoms with Gasteiger partial charge in [-0.1, -0.05) is 17.7 Å². The van der Waals surface area contributed by atoms with Crippen molar-refractivity contribution in [3.8, 4) is 0 Å². The number of hydrogen-bond donors (Lipinski definition) is 0. The molecule has 0 radical (unpaired) electrons. The fourth-order valence-electron chi connectivity index (χ4n) is 2.15. The molecule has 0 aliphatic carbocycles. The predicted molar refractivity (Wildman–Crippen MR) is 79.8 cm³/mol. The van der Waals surface area contributed by atoms with Gasteiger partial charge in [-0.3, -0.25) is 0 Å². The first-order chi connectivity index (χ1) is 9.45. The van der Waals surface area contributed by atoms with Crippen LogP contribution in [0.15, 0.2) is 23.1 Å². The summed E-state index contributed by atoms with van der Waals surface area (Å²) in [6, 6.07) is 4.62. The summed E-state index contributed by atoms with van der Waals surface area (Å²) in [7, 11) is -1.99. The highest BCUT2D eigenvalue weighted by Crippen LogP contribution is 2.25. The lowest BCUT2D eigenvalue weighted by Crippen LogP contribution is -2.34. The van der Waals surface area contributed by atoms with Gasteiger partial charge in [0.25, 0.3) is 0 Å². The van der Waals surface area contributed by atoms with Gasteiger partial charge in [0, 0.05) is 31.1 Å². The Morgan fingerprint density at radius 1 is 1.45 bits per heavy atom. The van der Waals surface area contributed by atoms with Crippen LogP contribution in [0.2, 0.25) is 5.02 Å². The van der Waals surface area contributed by atoms with E-state index in [0.29, 0.717) is 23.7 Å². The maximum atomic E-state index is 12.5. The second-order valence-electron chi connectivity index (χ2n) is 4.81. The average Bonchev–Trinajstić information content (AvgIpc) is 2.91. The van der Waals surface area contributed by atoms with E-state index in [4.69, 9.17) is 27.9 Å². The number of hydrogen-bond acceptors (Lipinski definition) is 3. The van der Waals surface area contributed by atoms with Crippen LogP contribution in [-0.2, 0) is 20.6 Å². The number of halogens is 2. The molecule has 1 saturated heterocycles. The van der Waals surface area contributed by atoms with Crippen LogP contribution in [0.1, 0.15) is 18.4 Å². The molecular weight excluding hydrogens is 321 g/mol. The fraction of sp³-hybridized carbons (Fsp3) is 0.538. The van der Waals surface area contributed by atoms with Crippen LogP contribution in [-0.4, -0.2) is 39.0 Å². The van der Waals surface area contributed by atoms with Gasteiger partial charge in [0.2, 0.25) is 10.0 Å². The standard InChI is InChI=1S/C13H17Cl2NO3S/c1-16(9-11-3-2-6-19-11)20(17,18)12-5-4-10(8-14)13(15)7-12/h4-5,7,11H,2-3,6,8-9H2,1H3. The first kappa shape index (κ1) is 16.0. The maximum absolute atomic E-state index is 12.5. The summed E-state index contributed by atoms with van der Waals surface area (Å²) in [4.78, 5) is 0.178. The Hall–Kier alpha value is -0.330. The van der Waals surface area contributed by atoms with Crippen molar-refractivity contribution in [3.05, 3.63) is 28.8 Å². The number of alkyl halides is 1. The van der Waals surface area contributed by atoms with E-state index in [1.54, 1.807) is 13.1 Å². The molecule has 112 valence electrons. The summed E-state index contributed by atoms with van der Waals surface area (Å²) >= 11 is 11.7. The zero-order chi connectivity index (χ0) is 14.8. The van der Waals surface area contributed by atoms with Gasteiger partial charge in [0.1, 0.15) is 0 Å². The maximum Gasteiger partial charge on any atom is 0.242 e. The van der Waals surface area contributed by atoms with Crippen LogP contribution in [0, 0.1) is 0 Å². The van der Waals surface area contributed by atoms with Gasteiger partial charge in [-0.2, -0.15) is 4.31 Å². The number of rotatable bonds is 5. The molecule has 1 aliphatic heterocycles. The van der Waals surface area contributed by atoms with Gasteiger partial charge in [0.05, 0.1) is 11.0 Å². The third-order valence-electron chi connectivity index (χ3n) is 3.36. The van der Waals surface area contributed by atoms with Crippen molar-refractivity contribution in [1.29, 1.82) is 0 Å². The smallest absolute Gasteiger partial charge is 0.242 e. The fourth-order valence-corrected chi connectivity index (χ4v) is 3.99. The number of nitrogens with zero attached hydrogens (tertiary/aromatic N) is 1. The van der Waals surface area contributed by atoms with Gasteiger partial charge < -0.3 is 4.74 Å². The molecule has 0 aromatic heterocycles. The van der Waals surface area contributed by atoms with Crippen molar-refractivity contribution in [1.82, 2.24) is 4.31 Å². The van der Waals surface area contributed by atoms with Crippen molar-refractivity contribution in [2.24, 2.45) is 0 Å². The molecule has 4 nitrogen and oxygen atoms in total. The zero-order valence-electron chi connectivity index (χ0n) is 11.2. The van der Waals surface area contributed by atoms with Crippen molar-refractivity contribution < 1.29 is 13.2 Å². The monoisotopic (exact) mass is 337 g/mol. The molecule has 1 unspecified atom stereocenters. The molecule has 0 amide bonds. The molecule has 0 bridgehead atoms. The number of likely N-dealkylation sites (N-methyl/N-ethyl adjacent to an activating group) is 1. The minimum atomic E-state index is -3.55. The Bertz CT molecular complexity index is 571. The first-order valence-corrected chi connectivity index (χ1v) is 8.72. The van der Waals surface area contributed by atoms with E-state index in [1.807, 2.05) is 0 Å². The molecule has 0 N–H and O–H groups in total. The Morgan fingerprint density at radius 3 is 2.75 bits per heavy atom. The lowest BCUT2D eigenvalue weighted by molar-refractivity contribution is 0.0979. The van der Waals surface area contributed by atoms with E-state index >= 15 is 0 Å². The molecule has 1 aromatic rings. The number of benzene rings is 1. The van der Waals surface area contributed by atoms with Crippen molar-refractivity contribution >= 4 is 33.2 Å². The summed E-state index contributed by atoms with van der Waals surface area (Å²) < 4.78 is 31.7. The second kappa shape index (κ2) is 6.62. The normalized spacial score (nSPS) is 19.7. The Labute approximate surface area is 129 Å². The third kappa shape index (κ3) is 3.46. The highest BCUT2D eigenvalue weighted by Gasteiger charge is 2.26. The van der Waals surface area contributed by atoms with Gasteiger partial charge in [-0.25, -0.2) is 8.42 Å². The van der Waals surface area contributed by atoms with E-state index in [0.717, 1.165) is 12.8 Å². The highest BCUT2D eigenvalue weighted by molar-refractivity contribution is 7.89. The molecule has 1 aliphatic rings. The number of sulfonamides is 1. The summed E-state index contributed by atoms with van der Waals surface area (Å²) in [5, 5.41) is 0.367. The summed E-state index contributed by atoms with van der Waals surface area (Å²) in [6.45, 7) is 1.06. The van der Waals surface area contributed by atoms with Crippen LogP contribution in [0.3, 0.4) is 0 Å². The van der Waals surface area contributed by atoms with E-state index in [9.17, 15) is 8.42 Å². The van der Waals surface area contributed by atoms with Crippen molar-refractivity contribution in [2.75, 3.05) is 20.2 Å². The van der Waals surface area contributed by atoms with Gasteiger partial charge >= 0.3 is 0 Å². The molecule has 1 fully saturated rings. The van der Waals surface area contributed by atoms with Crippen molar-refractivity contribution in [3.63, 3.8) is 0 Å². The van der Waals surface area contributed by atoms with Gasteiger partial charge in [-0.05, 0) is 30.5 Å². The quantitative estimate of drug-likeness (QED) is 0.776. The number of ether oxygens (including phenoxy) is 1. The predicted octanol–water partition coefficient (Wildman–Crippen LogP) is 2.88. The van der Waals surface area contributed by atoms with E-state index in [2.05, 4.69) is 0 Å². The van der Waals surface area contributed by atoms with E-state index < -0.39 is 10.0 Å². The summed E-state index contributed by atoms with van der Waals surface area (Å²) in [5.74, 6) is 0.255. The van der Waals surface area contributed by atoms with Crippen molar-refractivity contribution in [2.45, 2.75) is 29.7 Å². The molecule has 0 saturated carbocycles. The van der Waals surface area contributed by atoms with E-state index in [-0.39, 0.29) is 16.9 Å². The second-order valence-corrected chi connectivity index (χ2v) is 7.53. The molecule has 7 heteroatoms. The third-order valence-corrected chi connectivity index (χ3v) is 5.82. The van der Waals surface area contributed by atoms with Crippen LogP contribution < -0.4 is 0 Å². The Kier molecular flexibility index (Phi) is 5.31. The molecular formula is C13H17Cl2NO3S. The molecule has 1 atom stereocenters. The minimum absolute atomic E-state index is 0.0210. The summed E-state index contributed by atoms with van der Waals surface area (Å²) in [6.07, 6.45) is 1.85. The van der Waals surface area contributed by atoms with Crippen LogP contribution in [0.25, 0.3) is 0 Å². The lowest BCUT2D eigenvalue weighted by atomic mass is 10.2. The zero-order valence-corrected chi connectivity index (χ0v) is 13.5. The highest BCUT2D eigenvalue weighted by atomic mass is 35.5. The minimum Gasteiger partial charge on any atom is -0.377 e. The SMILES string of the molecule is CN(CC1CCCO1)S(=O)(=O)c1ccc(CCl)c(Cl)c1. The molecule has 1 heterocycles. The van der Waals surface area contributed by atoms with Gasteiger partial charge in [0.15, 0.2) is 0 Å². The first-order valence-electron chi connectivity index (χ1n) is 6.37. The molecule has 1 aromatic carbocycles. The van der Waals surface area contributed by atoms with E-state index in [1.165, 1.54) is 16.4 Å². The Balaban J connectivity index is 2.18. The van der Waals surface area contributed by atoms with Crippen LogP contribution >= 0.6 is 23.2 Å². The molecule has 20 heavy (non-hydrogen) atoms. The molecule has 0 spiro atoms. The average molecular weight is 338 g/mol. The van der Waals surface area contributed by atoms with Crippen LogP contribution in [0.4, 0.5) is 0 Å². The lowest BCUT2D eigenvalue weighted by Gasteiger charge is -2.20. The van der Waals surface area contributed by atoms with Gasteiger partial charge in [-0.15, -0.1) is 11.6 Å². The largest absolute Gasteiger partial charge is 0.377 e. The topological polar surface area (TPSA) is 46.6 Å². The van der Waals surface area contributed by atoms with Crippen LogP contribution in [0.5, 0.6) is 0 Å². The Morgan fingerprint density at radius 2 is 2.20 bits per heavy atom. The molecule has 2 rings (SSSR count). The summed E-state index contributed by atoms with van der Waals surface area (Å²) in [5.41, 5.74) is 0.717.